The molecule has 0 saturated heterocycles. The molecule has 0 radical (unpaired) electrons. The van der Waals surface area contributed by atoms with Crippen LogP contribution in [0.15, 0.2) is 12.3 Å². The third kappa shape index (κ3) is 3.14. The van der Waals surface area contributed by atoms with Crippen LogP contribution in [-0.4, -0.2) is 27.8 Å². The van der Waals surface area contributed by atoms with Crippen LogP contribution in [0.5, 0.6) is 0 Å². The van der Waals surface area contributed by atoms with Gasteiger partial charge in [0.15, 0.2) is 0 Å². The van der Waals surface area contributed by atoms with Crippen molar-refractivity contribution < 1.29 is 14.5 Å². The molecule has 0 aromatic carbocycles. The third-order valence-corrected chi connectivity index (χ3v) is 2.36. The van der Waals surface area contributed by atoms with Crippen LogP contribution >= 0.6 is 11.6 Å². The van der Waals surface area contributed by atoms with E-state index in [1.54, 1.807) is 0 Å². The molecule has 1 aromatic heterocycles. The molecule has 0 saturated carbocycles. The quantitative estimate of drug-likeness (QED) is 0.461. The van der Waals surface area contributed by atoms with Gasteiger partial charge in [0.1, 0.15) is 17.4 Å². The molecule has 0 aliphatic rings. The first-order valence-corrected chi connectivity index (χ1v) is 5.11. The van der Waals surface area contributed by atoms with Crippen molar-refractivity contribution in [2.24, 2.45) is 5.73 Å². The minimum Gasteiger partial charge on any atom is -0.368 e. The number of hydrogen-bond acceptors (Lipinski definition) is 5. The van der Waals surface area contributed by atoms with Crippen molar-refractivity contribution >= 4 is 29.1 Å². The van der Waals surface area contributed by atoms with Crippen molar-refractivity contribution in [2.45, 2.75) is 13.0 Å². The van der Waals surface area contributed by atoms with E-state index in [1.165, 1.54) is 6.92 Å². The van der Waals surface area contributed by atoms with Crippen LogP contribution in [0.3, 0.4) is 0 Å². The first-order valence-electron chi connectivity index (χ1n) is 4.73. The van der Waals surface area contributed by atoms with Crippen molar-refractivity contribution in [1.29, 1.82) is 0 Å². The predicted octanol–water partition coefficient (Wildman–Crippen LogP) is 0.247. The molecular formula is C9H9ClN4O4. The van der Waals surface area contributed by atoms with Gasteiger partial charge >= 0.3 is 0 Å². The fraction of sp³-hybridized carbons (Fsp3) is 0.222. The number of nitrogens with two attached hydrogens (primary N) is 1. The summed E-state index contributed by atoms with van der Waals surface area (Å²) in [5, 5.41) is 12.6. The van der Waals surface area contributed by atoms with Gasteiger partial charge in [0, 0.05) is 6.07 Å². The minimum absolute atomic E-state index is 0.195. The van der Waals surface area contributed by atoms with Crippen molar-refractivity contribution in [3.05, 3.63) is 33.1 Å². The maximum atomic E-state index is 11.7. The Morgan fingerprint density at radius 1 is 1.61 bits per heavy atom. The summed E-state index contributed by atoms with van der Waals surface area (Å²) in [5.41, 5.74) is 4.39. The summed E-state index contributed by atoms with van der Waals surface area (Å²) in [6, 6.07) is 0.0473. The number of primary amides is 1. The monoisotopic (exact) mass is 272 g/mol. The molecule has 18 heavy (non-hydrogen) atoms. The molecule has 0 aliphatic carbocycles. The van der Waals surface area contributed by atoms with Crippen LogP contribution < -0.4 is 11.1 Å². The summed E-state index contributed by atoms with van der Waals surface area (Å²) in [5.74, 6) is -1.50. The number of rotatable bonds is 4. The topological polar surface area (TPSA) is 128 Å². The van der Waals surface area contributed by atoms with Gasteiger partial charge in [-0.15, -0.1) is 0 Å². The fourth-order valence-corrected chi connectivity index (χ4v) is 1.23. The Morgan fingerprint density at radius 3 is 2.72 bits per heavy atom. The smallest absolute Gasteiger partial charge is 0.288 e. The average molecular weight is 273 g/mol. The van der Waals surface area contributed by atoms with Crippen molar-refractivity contribution in [1.82, 2.24) is 10.3 Å². The first kappa shape index (κ1) is 13.8. The molecule has 96 valence electrons. The van der Waals surface area contributed by atoms with Crippen LogP contribution in [-0.2, 0) is 4.79 Å². The molecule has 1 aromatic rings. The number of carbonyl (C=O) groups excluding carboxylic acids is 2. The lowest BCUT2D eigenvalue weighted by Crippen LogP contribution is -2.42. The van der Waals surface area contributed by atoms with Crippen LogP contribution in [0.1, 0.15) is 17.3 Å². The standard InChI is InChI=1S/C9H9ClN4O4/c1-4(8(11)15)13-9(16)6-2-5(14(17)18)3-12-7(6)10/h2-4H,1H3,(H2,11,15)(H,13,16). The SMILES string of the molecule is CC(NC(=O)c1cc([N+](=O)[O-])cnc1Cl)C(N)=O. The zero-order chi connectivity index (χ0) is 13.9. The molecule has 0 bridgehead atoms. The molecule has 1 unspecified atom stereocenters. The Hall–Kier alpha value is -2.22. The van der Waals surface area contributed by atoms with Gasteiger partial charge in [-0.3, -0.25) is 19.7 Å². The van der Waals surface area contributed by atoms with Crippen molar-refractivity contribution in [2.75, 3.05) is 0 Å². The van der Waals surface area contributed by atoms with E-state index in [4.69, 9.17) is 17.3 Å². The first-order chi connectivity index (χ1) is 8.32. The second-order valence-corrected chi connectivity index (χ2v) is 3.74. The van der Waals surface area contributed by atoms with Crippen molar-refractivity contribution in [3.63, 3.8) is 0 Å². The number of nitrogens with zero attached hydrogens (tertiary/aromatic N) is 2. The van der Waals surface area contributed by atoms with E-state index in [-0.39, 0.29) is 16.4 Å². The summed E-state index contributed by atoms with van der Waals surface area (Å²) >= 11 is 5.65. The van der Waals surface area contributed by atoms with Gasteiger partial charge in [0.25, 0.3) is 11.6 Å². The van der Waals surface area contributed by atoms with Gasteiger partial charge < -0.3 is 11.1 Å². The number of nitro groups is 1. The summed E-state index contributed by atoms with van der Waals surface area (Å²) < 4.78 is 0. The van der Waals surface area contributed by atoms with Crippen molar-refractivity contribution in [3.8, 4) is 0 Å². The number of aromatic nitrogens is 1. The van der Waals surface area contributed by atoms with Gasteiger partial charge in [0.2, 0.25) is 5.91 Å². The molecule has 8 nitrogen and oxygen atoms in total. The van der Waals surface area contributed by atoms with Gasteiger partial charge in [-0.2, -0.15) is 0 Å². The number of nitrogens with one attached hydrogen (secondary N) is 1. The Labute approximate surface area is 106 Å². The molecule has 0 fully saturated rings. The Balaban J connectivity index is 3.01. The van der Waals surface area contributed by atoms with Gasteiger partial charge in [0.05, 0.1) is 10.5 Å². The number of carbonyl (C=O) groups is 2. The molecule has 0 spiro atoms. The highest BCUT2D eigenvalue weighted by atomic mass is 35.5. The number of halogens is 1. The maximum absolute atomic E-state index is 11.7. The third-order valence-electron chi connectivity index (χ3n) is 2.05. The Kier molecular flexibility index (Phi) is 4.16. The lowest BCUT2D eigenvalue weighted by Gasteiger charge is -2.10. The largest absolute Gasteiger partial charge is 0.368 e. The molecule has 9 heteroatoms. The van der Waals surface area contributed by atoms with E-state index >= 15 is 0 Å². The fourth-order valence-electron chi connectivity index (χ4n) is 1.04. The van der Waals surface area contributed by atoms with Crippen LogP contribution in [0.2, 0.25) is 5.15 Å². The highest BCUT2D eigenvalue weighted by Gasteiger charge is 2.20. The van der Waals surface area contributed by atoms with E-state index in [1.807, 2.05) is 0 Å². The second-order valence-electron chi connectivity index (χ2n) is 3.39. The Morgan fingerprint density at radius 2 is 2.22 bits per heavy atom. The minimum atomic E-state index is -0.923. The highest BCUT2D eigenvalue weighted by molar-refractivity contribution is 6.32. The molecule has 3 N–H and O–H groups in total. The van der Waals surface area contributed by atoms with E-state index in [2.05, 4.69) is 10.3 Å². The summed E-state index contributed by atoms with van der Waals surface area (Å²) in [6.45, 7) is 1.37. The predicted molar refractivity (Wildman–Crippen MR) is 62.0 cm³/mol. The molecule has 1 atom stereocenters. The molecule has 1 heterocycles. The van der Waals surface area contributed by atoms with E-state index < -0.39 is 22.8 Å². The molecule has 2 amide bonds. The summed E-state index contributed by atoms with van der Waals surface area (Å²) in [6.07, 6.45) is 0.927. The van der Waals surface area contributed by atoms with Gasteiger partial charge in [-0.25, -0.2) is 4.98 Å². The molecular weight excluding hydrogens is 264 g/mol. The second kappa shape index (κ2) is 5.41. The van der Waals surface area contributed by atoms with E-state index in [0.717, 1.165) is 12.3 Å². The maximum Gasteiger partial charge on any atom is 0.288 e. The highest BCUT2D eigenvalue weighted by Crippen LogP contribution is 2.18. The summed E-state index contributed by atoms with van der Waals surface area (Å²) in [4.78, 5) is 35.8. The lowest BCUT2D eigenvalue weighted by molar-refractivity contribution is -0.385. The van der Waals surface area contributed by atoms with Crippen LogP contribution in [0.25, 0.3) is 0 Å². The van der Waals surface area contributed by atoms with Gasteiger partial charge in [-0.05, 0) is 6.92 Å². The van der Waals surface area contributed by atoms with Crippen LogP contribution in [0.4, 0.5) is 5.69 Å². The summed E-state index contributed by atoms with van der Waals surface area (Å²) in [7, 11) is 0. The number of amides is 2. The molecule has 1 rings (SSSR count). The van der Waals surface area contributed by atoms with E-state index in [9.17, 15) is 19.7 Å². The van der Waals surface area contributed by atoms with Gasteiger partial charge in [-0.1, -0.05) is 11.6 Å². The zero-order valence-electron chi connectivity index (χ0n) is 9.21. The normalized spacial score (nSPS) is 11.7. The Bertz CT molecular complexity index is 519. The average Bonchev–Trinajstić information content (AvgIpc) is 2.28. The number of hydrogen-bond donors (Lipinski definition) is 2. The van der Waals surface area contributed by atoms with Crippen LogP contribution in [0, 0.1) is 10.1 Å². The zero-order valence-corrected chi connectivity index (χ0v) is 9.97. The molecule has 0 aliphatic heterocycles. The lowest BCUT2D eigenvalue weighted by atomic mass is 10.2. The number of pyridine rings is 1. The van der Waals surface area contributed by atoms with E-state index in [0.29, 0.717) is 0 Å².